The molecule has 1 aliphatic rings. The third-order valence-electron chi connectivity index (χ3n) is 4.72. The van der Waals surface area contributed by atoms with Crippen LogP contribution in [-0.4, -0.2) is 53.7 Å². The fraction of sp³-hybridized carbons (Fsp3) is 0.250. The highest BCUT2D eigenvalue weighted by atomic mass is 16.6. The predicted octanol–water partition coefficient (Wildman–Crippen LogP) is 2.55. The van der Waals surface area contributed by atoms with Crippen molar-refractivity contribution in [3.63, 3.8) is 0 Å². The summed E-state index contributed by atoms with van der Waals surface area (Å²) >= 11 is 0. The number of hydrogen-bond acceptors (Lipinski definition) is 6. The second-order valence-electron chi connectivity index (χ2n) is 6.50. The highest BCUT2D eigenvalue weighted by Crippen LogP contribution is 2.26. The van der Waals surface area contributed by atoms with Gasteiger partial charge in [-0.1, -0.05) is 42.5 Å². The van der Waals surface area contributed by atoms with Gasteiger partial charge < -0.3 is 4.90 Å². The van der Waals surface area contributed by atoms with E-state index >= 15 is 0 Å². The van der Waals surface area contributed by atoms with Crippen LogP contribution in [0.25, 0.3) is 6.08 Å². The number of carbonyl (C=O) groups excluding carboxylic acids is 1. The number of benzene rings is 2. The standard InChI is InChI=1S/C20H22N4O4/c25-20(21-26)18-15-17(24(27)28)8-9-19(18)23-13-11-22(12-14-23)10-4-7-16-5-2-1-3-6-16/h1-9,15,26H,10-14H2,(H,21,25)/b7-4+. The van der Waals surface area contributed by atoms with E-state index in [-0.39, 0.29) is 11.3 Å². The van der Waals surface area contributed by atoms with Gasteiger partial charge in [0.05, 0.1) is 16.2 Å². The Hall–Kier alpha value is -3.23. The molecule has 146 valence electrons. The van der Waals surface area contributed by atoms with Crippen molar-refractivity contribution in [2.24, 2.45) is 0 Å². The number of hydrogen-bond donors (Lipinski definition) is 2. The fourth-order valence-electron chi connectivity index (χ4n) is 3.23. The number of piperazine rings is 1. The van der Waals surface area contributed by atoms with E-state index in [1.807, 2.05) is 23.1 Å². The Morgan fingerprint density at radius 1 is 1.14 bits per heavy atom. The Morgan fingerprint density at radius 3 is 2.50 bits per heavy atom. The molecule has 0 spiro atoms. The Kier molecular flexibility index (Phi) is 6.36. The van der Waals surface area contributed by atoms with Crippen molar-refractivity contribution in [3.05, 3.63) is 75.8 Å². The van der Waals surface area contributed by atoms with Gasteiger partial charge >= 0.3 is 0 Å². The second-order valence-corrected chi connectivity index (χ2v) is 6.50. The zero-order valence-corrected chi connectivity index (χ0v) is 15.3. The number of non-ortho nitro benzene ring substituents is 1. The van der Waals surface area contributed by atoms with Crippen molar-refractivity contribution in [3.8, 4) is 0 Å². The number of hydroxylamine groups is 1. The molecule has 1 saturated heterocycles. The van der Waals surface area contributed by atoms with Crippen LogP contribution < -0.4 is 10.4 Å². The quantitative estimate of drug-likeness (QED) is 0.453. The maximum atomic E-state index is 12.0. The molecular weight excluding hydrogens is 360 g/mol. The molecule has 0 bridgehead atoms. The van der Waals surface area contributed by atoms with Crippen molar-refractivity contribution in [1.82, 2.24) is 10.4 Å². The normalized spacial score (nSPS) is 15.0. The van der Waals surface area contributed by atoms with E-state index in [0.29, 0.717) is 18.8 Å². The topological polar surface area (TPSA) is 98.9 Å². The fourth-order valence-corrected chi connectivity index (χ4v) is 3.23. The lowest BCUT2D eigenvalue weighted by atomic mass is 10.1. The summed E-state index contributed by atoms with van der Waals surface area (Å²) in [5.41, 5.74) is 3.21. The van der Waals surface area contributed by atoms with E-state index in [0.717, 1.165) is 25.2 Å². The molecule has 0 aliphatic carbocycles. The van der Waals surface area contributed by atoms with Crippen LogP contribution in [0.2, 0.25) is 0 Å². The average molecular weight is 382 g/mol. The van der Waals surface area contributed by atoms with Gasteiger partial charge in [-0.25, -0.2) is 5.48 Å². The molecule has 2 aromatic carbocycles. The molecule has 1 amide bonds. The van der Waals surface area contributed by atoms with Crippen LogP contribution in [0.4, 0.5) is 11.4 Å². The van der Waals surface area contributed by atoms with Gasteiger partial charge in [-0.15, -0.1) is 0 Å². The van der Waals surface area contributed by atoms with Gasteiger partial charge in [-0.05, 0) is 11.6 Å². The third kappa shape index (κ3) is 4.73. The monoisotopic (exact) mass is 382 g/mol. The van der Waals surface area contributed by atoms with Gasteiger partial charge in [0.25, 0.3) is 11.6 Å². The SMILES string of the molecule is O=C(NO)c1cc([N+](=O)[O-])ccc1N1CCN(C/C=C/c2ccccc2)CC1. The molecule has 1 aliphatic heterocycles. The molecule has 8 heteroatoms. The number of amides is 1. The van der Waals surface area contributed by atoms with Crippen molar-refractivity contribution in [2.75, 3.05) is 37.6 Å². The Morgan fingerprint density at radius 2 is 1.86 bits per heavy atom. The van der Waals surface area contributed by atoms with Crippen molar-refractivity contribution in [2.45, 2.75) is 0 Å². The van der Waals surface area contributed by atoms with Gasteiger partial charge in [0.15, 0.2) is 0 Å². The third-order valence-corrected chi connectivity index (χ3v) is 4.72. The Labute approximate surface area is 162 Å². The molecule has 1 fully saturated rings. The highest BCUT2D eigenvalue weighted by Gasteiger charge is 2.23. The average Bonchev–Trinajstić information content (AvgIpc) is 2.74. The summed E-state index contributed by atoms with van der Waals surface area (Å²) in [6, 6.07) is 14.2. The largest absolute Gasteiger partial charge is 0.368 e. The van der Waals surface area contributed by atoms with Crippen molar-refractivity contribution < 1.29 is 14.9 Å². The molecule has 0 aromatic heterocycles. The zero-order chi connectivity index (χ0) is 19.9. The van der Waals surface area contributed by atoms with Crippen LogP contribution in [0.1, 0.15) is 15.9 Å². The summed E-state index contributed by atoms with van der Waals surface area (Å²) in [6.07, 6.45) is 4.22. The van der Waals surface area contributed by atoms with Gasteiger partial charge in [0, 0.05) is 44.9 Å². The molecule has 1 heterocycles. The van der Waals surface area contributed by atoms with E-state index in [2.05, 4.69) is 29.2 Å². The molecule has 0 radical (unpaired) electrons. The first-order chi connectivity index (χ1) is 13.6. The number of nitro benzene ring substituents is 1. The predicted molar refractivity (Wildman–Crippen MR) is 106 cm³/mol. The maximum absolute atomic E-state index is 12.0. The summed E-state index contributed by atoms with van der Waals surface area (Å²) < 4.78 is 0. The number of nitrogens with zero attached hydrogens (tertiary/aromatic N) is 3. The van der Waals surface area contributed by atoms with Crippen LogP contribution in [0.3, 0.4) is 0 Å². The Balaban J connectivity index is 1.63. The molecule has 28 heavy (non-hydrogen) atoms. The first kappa shape index (κ1) is 19.5. The smallest absolute Gasteiger partial charge is 0.276 e. The number of anilines is 1. The zero-order valence-electron chi connectivity index (χ0n) is 15.3. The molecule has 0 unspecified atom stereocenters. The lowest BCUT2D eigenvalue weighted by Gasteiger charge is -2.36. The molecule has 2 N–H and O–H groups in total. The first-order valence-corrected chi connectivity index (χ1v) is 9.00. The number of carbonyl (C=O) groups is 1. The van der Waals surface area contributed by atoms with Crippen molar-refractivity contribution >= 4 is 23.4 Å². The molecule has 2 aromatic rings. The summed E-state index contributed by atoms with van der Waals surface area (Å²) in [5, 5.41) is 20.0. The molecular formula is C20H22N4O4. The van der Waals surface area contributed by atoms with E-state index in [1.165, 1.54) is 12.1 Å². The van der Waals surface area contributed by atoms with E-state index < -0.39 is 10.8 Å². The van der Waals surface area contributed by atoms with Gasteiger partial charge in [0.1, 0.15) is 0 Å². The Bertz CT molecular complexity index is 862. The summed E-state index contributed by atoms with van der Waals surface area (Å²) in [7, 11) is 0. The maximum Gasteiger partial charge on any atom is 0.276 e. The van der Waals surface area contributed by atoms with E-state index in [4.69, 9.17) is 5.21 Å². The van der Waals surface area contributed by atoms with Crippen molar-refractivity contribution in [1.29, 1.82) is 0 Å². The summed E-state index contributed by atoms with van der Waals surface area (Å²) in [5.74, 6) is -0.757. The van der Waals surface area contributed by atoms with Crippen LogP contribution in [0.15, 0.2) is 54.6 Å². The summed E-state index contributed by atoms with van der Waals surface area (Å²) in [6.45, 7) is 3.80. The van der Waals surface area contributed by atoms with E-state index in [1.54, 1.807) is 11.5 Å². The minimum absolute atomic E-state index is 0.0918. The van der Waals surface area contributed by atoms with Crippen LogP contribution in [0, 0.1) is 10.1 Å². The lowest BCUT2D eigenvalue weighted by Crippen LogP contribution is -2.47. The van der Waals surface area contributed by atoms with Gasteiger partial charge in [0.2, 0.25) is 0 Å². The first-order valence-electron chi connectivity index (χ1n) is 9.00. The van der Waals surface area contributed by atoms with Gasteiger partial charge in [-0.3, -0.25) is 25.0 Å². The van der Waals surface area contributed by atoms with Gasteiger partial charge in [-0.2, -0.15) is 0 Å². The molecule has 0 saturated carbocycles. The minimum Gasteiger partial charge on any atom is -0.368 e. The minimum atomic E-state index is -0.757. The second kappa shape index (κ2) is 9.12. The number of nitrogens with one attached hydrogen (secondary N) is 1. The van der Waals surface area contributed by atoms with E-state index in [9.17, 15) is 14.9 Å². The van der Waals surface area contributed by atoms with Crippen LogP contribution in [-0.2, 0) is 0 Å². The lowest BCUT2D eigenvalue weighted by molar-refractivity contribution is -0.384. The molecule has 3 rings (SSSR count). The molecule has 0 atom stereocenters. The number of rotatable bonds is 6. The molecule has 8 nitrogen and oxygen atoms in total. The summed E-state index contributed by atoms with van der Waals surface area (Å²) in [4.78, 5) is 26.7. The van der Waals surface area contributed by atoms with Crippen LogP contribution >= 0.6 is 0 Å². The highest BCUT2D eigenvalue weighted by molar-refractivity contribution is 5.99. The van der Waals surface area contributed by atoms with Crippen LogP contribution in [0.5, 0.6) is 0 Å². The number of nitro groups is 1.